The van der Waals surface area contributed by atoms with Gasteiger partial charge < -0.3 is 10.5 Å². The van der Waals surface area contributed by atoms with Crippen LogP contribution in [0.4, 0.5) is 5.69 Å². The van der Waals surface area contributed by atoms with Crippen LogP contribution in [0.1, 0.15) is 20.8 Å². The predicted molar refractivity (Wildman–Crippen MR) is 79.2 cm³/mol. The molecule has 0 aliphatic carbocycles. The lowest BCUT2D eigenvalue weighted by Gasteiger charge is -2.12. The molecular weight excluding hydrogens is 269 g/mol. The summed E-state index contributed by atoms with van der Waals surface area (Å²) in [6.45, 7) is 10.0. The third-order valence-electron chi connectivity index (χ3n) is 2.55. The van der Waals surface area contributed by atoms with Crippen LogP contribution in [-0.4, -0.2) is 0 Å². The van der Waals surface area contributed by atoms with Crippen LogP contribution in [0.2, 0.25) is 10.0 Å². The van der Waals surface area contributed by atoms with Crippen LogP contribution in [0.15, 0.2) is 36.1 Å². The molecule has 1 aromatic carbocycles. The van der Waals surface area contributed by atoms with Gasteiger partial charge in [0.25, 0.3) is 0 Å². The van der Waals surface area contributed by atoms with E-state index >= 15 is 0 Å². The largest absolute Gasteiger partial charge is 0.455 e. The number of ether oxygens (including phenoxy) is 1. The van der Waals surface area contributed by atoms with Crippen LogP contribution in [0.5, 0.6) is 5.75 Å². The monoisotopic (exact) mass is 285 g/mol. The number of nitrogen functional groups attached to an aromatic ring is 1. The third-order valence-corrected chi connectivity index (χ3v) is 3.11. The molecule has 0 saturated heterocycles. The lowest BCUT2D eigenvalue weighted by Crippen LogP contribution is -1.97. The van der Waals surface area contributed by atoms with Gasteiger partial charge in [-0.1, -0.05) is 49.2 Å². The Morgan fingerprint density at radius 1 is 1.33 bits per heavy atom. The van der Waals surface area contributed by atoms with Crippen molar-refractivity contribution >= 4 is 28.9 Å². The molecule has 0 fully saturated rings. The van der Waals surface area contributed by atoms with E-state index in [1.165, 1.54) is 5.57 Å². The van der Waals surface area contributed by atoms with Gasteiger partial charge in [-0.15, -0.1) is 0 Å². The molecular formula is C14H17Cl2NO. The van der Waals surface area contributed by atoms with Crippen molar-refractivity contribution in [3.05, 3.63) is 46.2 Å². The van der Waals surface area contributed by atoms with E-state index < -0.39 is 0 Å². The van der Waals surface area contributed by atoms with Crippen molar-refractivity contribution < 1.29 is 4.74 Å². The first-order valence-corrected chi connectivity index (χ1v) is 6.36. The first-order chi connectivity index (χ1) is 8.31. The van der Waals surface area contributed by atoms with Crippen LogP contribution < -0.4 is 10.5 Å². The standard InChI is InChI=1S/C14H17Cl2NO/c1-8(2)9(3)5-10(4)18-14-12(15)6-11(17)7-13(14)16/h5-8H,4,17H2,1-3H3/b9-5+. The summed E-state index contributed by atoms with van der Waals surface area (Å²) in [4.78, 5) is 0. The molecule has 1 aromatic rings. The van der Waals surface area contributed by atoms with Gasteiger partial charge in [-0.05, 0) is 31.1 Å². The fourth-order valence-corrected chi connectivity index (χ4v) is 1.84. The Bertz CT molecular complexity index is 470. The van der Waals surface area contributed by atoms with Crippen molar-refractivity contribution in [1.82, 2.24) is 0 Å². The van der Waals surface area contributed by atoms with E-state index in [-0.39, 0.29) is 0 Å². The van der Waals surface area contributed by atoms with Gasteiger partial charge in [0, 0.05) is 5.69 Å². The summed E-state index contributed by atoms with van der Waals surface area (Å²) in [6, 6.07) is 3.18. The summed E-state index contributed by atoms with van der Waals surface area (Å²) < 4.78 is 5.56. The minimum Gasteiger partial charge on any atom is -0.455 e. The van der Waals surface area contributed by atoms with Crippen molar-refractivity contribution in [2.45, 2.75) is 20.8 Å². The molecule has 0 aromatic heterocycles. The number of allylic oxidation sites excluding steroid dienone is 2. The van der Waals surface area contributed by atoms with Crippen molar-refractivity contribution in [2.24, 2.45) is 5.92 Å². The van der Waals surface area contributed by atoms with Gasteiger partial charge in [0.1, 0.15) is 5.76 Å². The van der Waals surface area contributed by atoms with Crippen LogP contribution >= 0.6 is 23.2 Å². The summed E-state index contributed by atoms with van der Waals surface area (Å²) in [7, 11) is 0. The van der Waals surface area contributed by atoms with E-state index in [2.05, 4.69) is 20.4 Å². The first kappa shape index (κ1) is 14.9. The highest BCUT2D eigenvalue weighted by Crippen LogP contribution is 2.36. The van der Waals surface area contributed by atoms with E-state index in [1.54, 1.807) is 12.1 Å². The van der Waals surface area contributed by atoms with E-state index in [4.69, 9.17) is 33.7 Å². The molecule has 4 heteroatoms. The SMILES string of the molecule is C=C(/C=C(\C)C(C)C)Oc1c(Cl)cc(N)cc1Cl. The Morgan fingerprint density at radius 2 is 1.83 bits per heavy atom. The van der Waals surface area contributed by atoms with Crippen LogP contribution in [0, 0.1) is 5.92 Å². The fourth-order valence-electron chi connectivity index (χ4n) is 1.26. The maximum absolute atomic E-state index is 6.03. The van der Waals surface area contributed by atoms with Crippen molar-refractivity contribution in [1.29, 1.82) is 0 Å². The van der Waals surface area contributed by atoms with Crippen LogP contribution in [0.3, 0.4) is 0 Å². The zero-order chi connectivity index (χ0) is 13.9. The van der Waals surface area contributed by atoms with Crippen molar-refractivity contribution in [2.75, 3.05) is 5.73 Å². The molecule has 0 bridgehead atoms. The predicted octanol–water partition coefficient (Wildman–Crippen LogP) is 5.07. The number of anilines is 1. The number of hydrogen-bond acceptors (Lipinski definition) is 2. The normalized spacial score (nSPS) is 11.8. The Balaban J connectivity index is 2.93. The average molecular weight is 286 g/mol. The van der Waals surface area contributed by atoms with E-state index in [1.807, 2.05) is 13.0 Å². The maximum Gasteiger partial charge on any atom is 0.164 e. The molecule has 0 unspecified atom stereocenters. The molecule has 98 valence electrons. The topological polar surface area (TPSA) is 35.2 Å². The molecule has 0 amide bonds. The molecule has 0 aliphatic rings. The number of rotatable bonds is 4. The molecule has 0 spiro atoms. The summed E-state index contributed by atoms with van der Waals surface area (Å²) in [6.07, 6.45) is 1.87. The summed E-state index contributed by atoms with van der Waals surface area (Å²) >= 11 is 12.1. The lowest BCUT2D eigenvalue weighted by molar-refractivity contribution is 0.445. The molecule has 0 radical (unpaired) electrons. The van der Waals surface area contributed by atoms with E-state index in [9.17, 15) is 0 Å². The highest BCUT2D eigenvalue weighted by molar-refractivity contribution is 6.37. The molecule has 0 aliphatic heterocycles. The maximum atomic E-state index is 6.03. The summed E-state index contributed by atoms with van der Waals surface area (Å²) in [5.41, 5.74) is 7.29. The van der Waals surface area contributed by atoms with Crippen LogP contribution in [0.25, 0.3) is 0 Å². The van der Waals surface area contributed by atoms with Gasteiger partial charge in [-0.2, -0.15) is 0 Å². The average Bonchev–Trinajstić information content (AvgIpc) is 2.23. The highest BCUT2D eigenvalue weighted by Gasteiger charge is 2.10. The van der Waals surface area contributed by atoms with E-state index in [0.717, 1.165) is 0 Å². The Labute approximate surface area is 118 Å². The number of benzene rings is 1. The van der Waals surface area contributed by atoms with Crippen LogP contribution in [-0.2, 0) is 0 Å². The summed E-state index contributed by atoms with van der Waals surface area (Å²) in [5.74, 6) is 1.31. The molecule has 0 atom stereocenters. The minimum absolute atomic E-state index is 0.372. The zero-order valence-electron chi connectivity index (χ0n) is 10.8. The van der Waals surface area contributed by atoms with Crippen molar-refractivity contribution in [3.8, 4) is 5.75 Å². The Hall–Kier alpha value is -1.12. The number of hydrogen-bond donors (Lipinski definition) is 1. The van der Waals surface area contributed by atoms with Gasteiger partial charge >= 0.3 is 0 Å². The van der Waals surface area contributed by atoms with Gasteiger partial charge in [0.05, 0.1) is 10.0 Å². The molecule has 18 heavy (non-hydrogen) atoms. The summed E-state index contributed by atoms with van der Waals surface area (Å²) in [5, 5.41) is 0.744. The first-order valence-electron chi connectivity index (χ1n) is 5.60. The molecule has 1 rings (SSSR count). The van der Waals surface area contributed by atoms with Crippen molar-refractivity contribution in [3.63, 3.8) is 0 Å². The fraction of sp³-hybridized carbons (Fsp3) is 0.286. The molecule has 2 N–H and O–H groups in total. The van der Waals surface area contributed by atoms with Gasteiger partial charge in [0.15, 0.2) is 5.75 Å². The van der Waals surface area contributed by atoms with Gasteiger partial charge in [0.2, 0.25) is 0 Å². The highest BCUT2D eigenvalue weighted by atomic mass is 35.5. The minimum atomic E-state index is 0.372. The number of nitrogens with two attached hydrogens (primary N) is 1. The Kier molecular flexibility index (Phi) is 5.12. The smallest absolute Gasteiger partial charge is 0.164 e. The Morgan fingerprint density at radius 3 is 2.28 bits per heavy atom. The molecule has 0 heterocycles. The molecule has 2 nitrogen and oxygen atoms in total. The second kappa shape index (κ2) is 6.17. The molecule has 0 saturated carbocycles. The quantitative estimate of drug-likeness (QED) is 0.476. The third kappa shape index (κ3) is 3.97. The lowest BCUT2D eigenvalue weighted by atomic mass is 10.1. The van der Waals surface area contributed by atoms with E-state index in [0.29, 0.717) is 33.2 Å². The number of halogens is 2. The second-order valence-corrected chi connectivity index (χ2v) is 5.24. The van der Waals surface area contributed by atoms with Gasteiger partial charge in [-0.25, -0.2) is 0 Å². The van der Waals surface area contributed by atoms with Gasteiger partial charge in [-0.3, -0.25) is 0 Å². The zero-order valence-corrected chi connectivity index (χ0v) is 12.3. The second-order valence-electron chi connectivity index (χ2n) is 4.43.